The molecule has 3 rings (SSSR count). The minimum Gasteiger partial charge on any atom is -0.322 e. The van der Waals surface area contributed by atoms with E-state index in [1.807, 2.05) is 49.8 Å². The Kier molecular flexibility index (Phi) is 5.03. The molecular formula is C20H20N4O3. The summed E-state index contributed by atoms with van der Waals surface area (Å²) < 4.78 is 1.88. The number of anilines is 1. The molecule has 7 nitrogen and oxygen atoms in total. The number of rotatable bonds is 5. The van der Waals surface area contributed by atoms with Crippen molar-refractivity contribution in [2.45, 2.75) is 20.3 Å². The quantitative estimate of drug-likeness (QED) is 0.551. The maximum atomic E-state index is 12.3. The maximum absolute atomic E-state index is 12.3. The molecule has 1 heterocycles. The summed E-state index contributed by atoms with van der Waals surface area (Å²) in [6.45, 7) is 4.05. The molecule has 0 unspecified atom stereocenters. The lowest BCUT2D eigenvalue weighted by molar-refractivity contribution is -0.384. The van der Waals surface area contributed by atoms with Crippen molar-refractivity contribution < 1.29 is 9.72 Å². The number of nitro benzene ring substituents is 1. The molecule has 7 heteroatoms. The van der Waals surface area contributed by atoms with Gasteiger partial charge in [-0.05, 0) is 43.7 Å². The van der Waals surface area contributed by atoms with Gasteiger partial charge in [-0.3, -0.25) is 19.6 Å². The van der Waals surface area contributed by atoms with Crippen molar-refractivity contribution in [1.82, 2.24) is 9.78 Å². The standard InChI is InChI=1S/C20H20N4O3/c1-13-19(14(2)23(3)22-13)12-15-4-8-17(9-5-15)21-20(25)16-6-10-18(11-7-16)24(26)27/h4-11H,12H2,1-3H3,(H,21,25). The van der Waals surface area contributed by atoms with E-state index in [1.165, 1.54) is 29.8 Å². The Balaban J connectivity index is 1.68. The van der Waals surface area contributed by atoms with Crippen LogP contribution in [0.3, 0.4) is 0 Å². The number of hydrogen-bond donors (Lipinski definition) is 1. The number of carbonyl (C=O) groups is 1. The number of benzene rings is 2. The fourth-order valence-corrected chi connectivity index (χ4v) is 2.92. The summed E-state index contributed by atoms with van der Waals surface area (Å²) in [6, 6.07) is 13.1. The molecule has 1 amide bonds. The van der Waals surface area contributed by atoms with Gasteiger partial charge in [0.2, 0.25) is 0 Å². The predicted molar refractivity (Wildman–Crippen MR) is 103 cm³/mol. The number of nitrogens with zero attached hydrogens (tertiary/aromatic N) is 3. The van der Waals surface area contributed by atoms with Crippen LogP contribution in [0, 0.1) is 24.0 Å². The first-order chi connectivity index (χ1) is 12.8. The van der Waals surface area contributed by atoms with Gasteiger partial charge in [0, 0.05) is 48.1 Å². The third-order valence-corrected chi connectivity index (χ3v) is 4.59. The van der Waals surface area contributed by atoms with E-state index < -0.39 is 4.92 Å². The Hall–Kier alpha value is -3.48. The molecule has 0 fully saturated rings. The maximum Gasteiger partial charge on any atom is 0.269 e. The van der Waals surface area contributed by atoms with Crippen LogP contribution in [0.15, 0.2) is 48.5 Å². The number of aryl methyl sites for hydroxylation is 2. The van der Waals surface area contributed by atoms with Gasteiger partial charge in [-0.1, -0.05) is 12.1 Å². The summed E-state index contributed by atoms with van der Waals surface area (Å²) in [4.78, 5) is 22.5. The molecule has 0 saturated heterocycles. The van der Waals surface area contributed by atoms with Gasteiger partial charge >= 0.3 is 0 Å². The van der Waals surface area contributed by atoms with Crippen molar-refractivity contribution in [2.24, 2.45) is 7.05 Å². The molecule has 3 aromatic rings. The average molecular weight is 364 g/mol. The second-order valence-corrected chi connectivity index (χ2v) is 6.40. The summed E-state index contributed by atoms with van der Waals surface area (Å²) in [5.41, 5.74) is 5.49. The largest absolute Gasteiger partial charge is 0.322 e. The average Bonchev–Trinajstić information content (AvgIpc) is 2.89. The second-order valence-electron chi connectivity index (χ2n) is 6.40. The third-order valence-electron chi connectivity index (χ3n) is 4.59. The molecule has 0 aliphatic rings. The van der Waals surface area contributed by atoms with Crippen LogP contribution in [0.4, 0.5) is 11.4 Å². The van der Waals surface area contributed by atoms with E-state index in [4.69, 9.17) is 0 Å². The molecule has 0 aliphatic carbocycles. The second kappa shape index (κ2) is 7.41. The highest BCUT2D eigenvalue weighted by Crippen LogP contribution is 2.19. The lowest BCUT2D eigenvalue weighted by atomic mass is 10.0. The first-order valence-corrected chi connectivity index (χ1v) is 8.49. The van der Waals surface area contributed by atoms with Crippen molar-refractivity contribution in [3.63, 3.8) is 0 Å². The Morgan fingerprint density at radius 3 is 2.26 bits per heavy atom. The Morgan fingerprint density at radius 2 is 1.74 bits per heavy atom. The number of nitro groups is 1. The van der Waals surface area contributed by atoms with Crippen LogP contribution in [0.25, 0.3) is 0 Å². The number of hydrogen-bond acceptors (Lipinski definition) is 4. The Labute approximate surface area is 156 Å². The van der Waals surface area contributed by atoms with Gasteiger partial charge in [0.25, 0.3) is 11.6 Å². The van der Waals surface area contributed by atoms with Crippen LogP contribution in [0.5, 0.6) is 0 Å². The van der Waals surface area contributed by atoms with Crippen LogP contribution in [-0.2, 0) is 13.5 Å². The first kappa shape index (κ1) is 18.3. The number of non-ortho nitro benzene ring substituents is 1. The topological polar surface area (TPSA) is 90.1 Å². The fraction of sp³-hybridized carbons (Fsp3) is 0.200. The molecular weight excluding hydrogens is 344 g/mol. The minimum atomic E-state index is -0.494. The van der Waals surface area contributed by atoms with E-state index in [-0.39, 0.29) is 11.6 Å². The SMILES string of the molecule is Cc1nn(C)c(C)c1Cc1ccc(NC(=O)c2ccc([N+](=O)[O-])cc2)cc1. The smallest absolute Gasteiger partial charge is 0.269 e. The van der Waals surface area contributed by atoms with E-state index in [0.717, 1.165) is 23.4 Å². The van der Waals surface area contributed by atoms with Crippen molar-refractivity contribution in [3.05, 3.63) is 86.7 Å². The highest BCUT2D eigenvalue weighted by atomic mass is 16.6. The normalized spacial score (nSPS) is 10.6. The van der Waals surface area contributed by atoms with Crippen LogP contribution < -0.4 is 5.32 Å². The fourth-order valence-electron chi connectivity index (χ4n) is 2.92. The number of aromatic nitrogens is 2. The molecule has 0 bridgehead atoms. The zero-order valence-corrected chi connectivity index (χ0v) is 15.4. The van der Waals surface area contributed by atoms with Crippen molar-refractivity contribution >= 4 is 17.3 Å². The van der Waals surface area contributed by atoms with Gasteiger partial charge < -0.3 is 5.32 Å². The Bertz CT molecular complexity index is 989. The number of nitrogens with one attached hydrogen (secondary N) is 1. The van der Waals surface area contributed by atoms with Gasteiger partial charge in [-0.25, -0.2) is 0 Å². The van der Waals surface area contributed by atoms with Crippen LogP contribution >= 0.6 is 0 Å². The van der Waals surface area contributed by atoms with Crippen molar-refractivity contribution in [1.29, 1.82) is 0 Å². The van der Waals surface area contributed by atoms with Crippen molar-refractivity contribution in [2.75, 3.05) is 5.32 Å². The van der Waals surface area contributed by atoms with Crippen LogP contribution in [0.2, 0.25) is 0 Å². The molecule has 0 radical (unpaired) electrons. The number of amides is 1. The van der Waals surface area contributed by atoms with Gasteiger partial charge in [-0.15, -0.1) is 0 Å². The lowest BCUT2D eigenvalue weighted by Crippen LogP contribution is -2.11. The first-order valence-electron chi connectivity index (χ1n) is 8.49. The zero-order valence-electron chi connectivity index (χ0n) is 15.4. The molecule has 0 atom stereocenters. The molecule has 138 valence electrons. The summed E-state index contributed by atoms with van der Waals surface area (Å²) in [5.74, 6) is -0.309. The summed E-state index contributed by atoms with van der Waals surface area (Å²) >= 11 is 0. The van der Waals surface area contributed by atoms with E-state index in [2.05, 4.69) is 10.4 Å². The summed E-state index contributed by atoms with van der Waals surface area (Å²) in [5, 5.41) is 17.9. The molecule has 0 spiro atoms. The molecule has 0 saturated carbocycles. The monoisotopic (exact) mass is 364 g/mol. The number of carbonyl (C=O) groups excluding carboxylic acids is 1. The molecule has 1 aromatic heterocycles. The summed E-state index contributed by atoms with van der Waals surface area (Å²) in [6.07, 6.45) is 0.780. The third kappa shape index (κ3) is 4.03. The Morgan fingerprint density at radius 1 is 1.11 bits per heavy atom. The van der Waals surface area contributed by atoms with Gasteiger partial charge in [0.05, 0.1) is 10.6 Å². The van der Waals surface area contributed by atoms with E-state index in [0.29, 0.717) is 11.3 Å². The van der Waals surface area contributed by atoms with Gasteiger partial charge in [-0.2, -0.15) is 5.10 Å². The minimum absolute atomic E-state index is 0.0445. The van der Waals surface area contributed by atoms with E-state index in [9.17, 15) is 14.9 Å². The lowest BCUT2D eigenvalue weighted by Gasteiger charge is -2.07. The van der Waals surface area contributed by atoms with Crippen LogP contribution in [0.1, 0.15) is 32.9 Å². The highest BCUT2D eigenvalue weighted by molar-refractivity contribution is 6.04. The van der Waals surface area contributed by atoms with Gasteiger partial charge in [0.15, 0.2) is 0 Å². The van der Waals surface area contributed by atoms with Crippen molar-refractivity contribution in [3.8, 4) is 0 Å². The molecule has 27 heavy (non-hydrogen) atoms. The highest BCUT2D eigenvalue weighted by Gasteiger charge is 2.11. The zero-order chi connectivity index (χ0) is 19.6. The van der Waals surface area contributed by atoms with E-state index >= 15 is 0 Å². The van der Waals surface area contributed by atoms with Gasteiger partial charge in [0.1, 0.15) is 0 Å². The molecule has 0 aliphatic heterocycles. The molecule has 2 aromatic carbocycles. The predicted octanol–water partition coefficient (Wildman–Crippen LogP) is 3.79. The van der Waals surface area contributed by atoms with E-state index in [1.54, 1.807) is 0 Å². The van der Waals surface area contributed by atoms with Crippen LogP contribution in [-0.4, -0.2) is 20.6 Å². The molecule has 1 N–H and O–H groups in total. The summed E-state index contributed by atoms with van der Waals surface area (Å²) in [7, 11) is 1.93.